The Morgan fingerprint density at radius 1 is 1.31 bits per heavy atom. The molecule has 1 aliphatic heterocycles. The van der Waals surface area contributed by atoms with Crippen molar-refractivity contribution in [1.29, 1.82) is 0 Å². The van der Waals surface area contributed by atoms with Gasteiger partial charge in [-0.1, -0.05) is 30.3 Å². The number of hydrogen-bond donors (Lipinski definition) is 2. The molecule has 0 radical (unpaired) electrons. The Morgan fingerprint density at radius 2 is 2.00 bits per heavy atom. The lowest BCUT2D eigenvalue weighted by atomic mass is 10.2. The van der Waals surface area contributed by atoms with Gasteiger partial charge in [-0.05, 0) is 30.1 Å². The number of carbonyl (C=O) groups excluding carboxylic acids is 2. The number of carbonyl (C=O) groups is 2. The minimum atomic E-state index is -0.580. The molecule has 1 saturated heterocycles. The topological polar surface area (TPSA) is 63.1 Å². The van der Waals surface area contributed by atoms with Crippen LogP contribution >= 0.6 is 11.8 Å². The van der Waals surface area contributed by atoms with Crippen molar-refractivity contribution in [2.45, 2.75) is 12.5 Å². The van der Waals surface area contributed by atoms with Crippen LogP contribution in [0.1, 0.15) is 12.0 Å². The fraction of sp³-hybridized carbons (Fsp3) is 0.474. The van der Waals surface area contributed by atoms with E-state index in [9.17, 15) is 9.59 Å². The molecule has 0 aliphatic carbocycles. The molecule has 2 amide bonds. The van der Waals surface area contributed by atoms with E-state index in [1.54, 1.807) is 16.7 Å². The van der Waals surface area contributed by atoms with E-state index in [1.165, 1.54) is 17.6 Å². The number of methoxy groups -OCH3 is 1. The van der Waals surface area contributed by atoms with Crippen LogP contribution < -0.4 is 10.2 Å². The summed E-state index contributed by atoms with van der Waals surface area (Å²) in [6.07, 6.45) is 6.81. The second kappa shape index (κ2) is 10.9. The molecule has 0 aromatic heterocycles. The number of benzene rings is 1. The van der Waals surface area contributed by atoms with Gasteiger partial charge >= 0.3 is 12.0 Å². The van der Waals surface area contributed by atoms with Gasteiger partial charge in [-0.25, -0.2) is 9.59 Å². The summed E-state index contributed by atoms with van der Waals surface area (Å²) in [7, 11) is 1.35. The van der Waals surface area contributed by atoms with Crippen molar-refractivity contribution in [2.75, 3.05) is 45.3 Å². The highest BCUT2D eigenvalue weighted by molar-refractivity contribution is 7.98. The van der Waals surface area contributed by atoms with Crippen LogP contribution in [-0.4, -0.2) is 68.2 Å². The predicted octanol–water partition coefficient (Wildman–Crippen LogP) is 0.862. The molecule has 26 heavy (non-hydrogen) atoms. The number of nitrogens with zero attached hydrogens (tertiary/aromatic N) is 1. The van der Waals surface area contributed by atoms with E-state index in [-0.39, 0.29) is 12.0 Å². The van der Waals surface area contributed by atoms with Gasteiger partial charge in [0.2, 0.25) is 0 Å². The summed E-state index contributed by atoms with van der Waals surface area (Å²) in [5, 5.41) is 2.82. The third-order valence-corrected chi connectivity index (χ3v) is 5.04. The Hall–Kier alpha value is -1.99. The standard InChI is InChI=1S/C19H27N3O3S/c1-25-18(23)17(9-15-26-2)20-19(24)22-13-11-21(12-14-22)10-8-16-6-4-3-5-7-16/h3-8,10,17H,9,11-15H2,1-2H3,(H,20,24)/p+1/b10-8+/t17-/m0/s1. The summed E-state index contributed by atoms with van der Waals surface area (Å²) in [5.74, 6) is 0.407. The second-order valence-electron chi connectivity index (χ2n) is 6.20. The molecule has 0 spiro atoms. The first kappa shape index (κ1) is 20.3. The predicted molar refractivity (Wildman–Crippen MR) is 105 cm³/mol. The Kier molecular flexibility index (Phi) is 8.50. The van der Waals surface area contributed by atoms with Crippen LogP contribution in [0.3, 0.4) is 0 Å². The van der Waals surface area contributed by atoms with Crippen LogP contribution in [0.5, 0.6) is 0 Å². The molecule has 6 nitrogen and oxygen atoms in total. The highest BCUT2D eigenvalue weighted by Gasteiger charge is 2.27. The molecule has 2 N–H and O–H groups in total. The second-order valence-corrected chi connectivity index (χ2v) is 7.18. The highest BCUT2D eigenvalue weighted by Crippen LogP contribution is 2.04. The zero-order valence-electron chi connectivity index (χ0n) is 15.4. The number of rotatable bonds is 7. The molecule has 1 fully saturated rings. The van der Waals surface area contributed by atoms with E-state index >= 15 is 0 Å². The molecule has 1 atom stereocenters. The third-order valence-electron chi connectivity index (χ3n) is 4.40. The summed E-state index contributed by atoms with van der Waals surface area (Å²) < 4.78 is 4.79. The number of esters is 1. The number of hydrogen-bond acceptors (Lipinski definition) is 4. The molecule has 2 rings (SSSR count). The quantitative estimate of drug-likeness (QED) is 0.691. The number of ether oxygens (including phenoxy) is 1. The first-order chi connectivity index (χ1) is 12.6. The maximum Gasteiger partial charge on any atom is 0.328 e. The SMILES string of the molecule is COC(=O)[C@H](CCSC)NC(=O)N1CC[NH+](/C=C/c2ccccc2)CC1. The summed E-state index contributed by atoms with van der Waals surface area (Å²) in [4.78, 5) is 27.4. The van der Waals surface area contributed by atoms with Crippen LogP contribution in [0.25, 0.3) is 6.08 Å². The molecular weight excluding hydrogens is 350 g/mol. The van der Waals surface area contributed by atoms with Crippen molar-refractivity contribution in [1.82, 2.24) is 10.2 Å². The van der Waals surface area contributed by atoms with Crippen molar-refractivity contribution < 1.29 is 19.2 Å². The molecule has 0 saturated carbocycles. The van der Waals surface area contributed by atoms with Crippen LogP contribution in [0.15, 0.2) is 36.5 Å². The average Bonchev–Trinajstić information content (AvgIpc) is 2.70. The smallest absolute Gasteiger partial charge is 0.328 e. The first-order valence-corrected chi connectivity index (χ1v) is 10.2. The Morgan fingerprint density at radius 3 is 2.62 bits per heavy atom. The van der Waals surface area contributed by atoms with Crippen LogP contribution in [0.2, 0.25) is 0 Å². The van der Waals surface area contributed by atoms with Crippen molar-refractivity contribution in [2.24, 2.45) is 0 Å². The molecule has 1 aromatic rings. The van der Waals surface area contributed by atoms with E-state index < -0.39 is 6.04 Å². The van der Waals surface area contributed by atoms with E-state index in [4.69, 9.17) is 4.74 Å². The van der Waals surface area contributed by atoms with Gasteiger partial charge in [0.25, 0.3) is 0 Å². The fourth-order valence-corrected chi connectivity index (χ4v) is 3.28. The Balaban J connectivity index is 1.81. The van der Waals surface area contributed by atoms with Crippen molar-refractivity contribution >= 4 is 29.8 Å². The monoisotopic (exact) mass is 378 g/mol. The van der Waals surface area contributed by atoms with Gasteiger partial charge < -0.3 is 19.9 Å². The normalized spacial score (nSPS) is 16.5. The maximum absolute atomic E-state index is 12.5. The van der Waals surface area contributed by atoms with E-state index in [0.29, 0.717) is 19.5 Å². The molecule has 1 aromatic carbocycles. The minimum absolute atomic E-state index is 0.187. The number of nitrogens with one attached hydrogen (secondary N) is 2. The number of quaternary nitrogens is 1. The van der Waals surface area contributed by atoms with Crippen LogP contribution in [0.4, 0.5) is 4.79 Å². The number of urea groups is 1. The van der Waals surface area contributed by atoms with Crippen molar-refractivity contribution in [3.8, 4) is 0 Å². The summed E-state index contributed by atoms with van der Waals surface area (Å²) in [5.41, 5.74) is 1.18. The zero-order chi connectivity index (χ0) is 18.8. The molecule has 0 bridgehead atoms. The lowest BCUT2D eigenvalue weighted by Gasteiger charge is -2.31. The van der Waals surface area contributed by atoms with Crippen molar-refractivity contribution in [3.63, 3.8) is 0 Å². The largest absolute Gasteiger partial charge is 0.467 e. The van der Waals surface area contributed by atoms with E-state index in [2.05, 4.69) is 29.7 Å². The van der Waals surface area contributed by atoms with Crippen LogP contribution in [-0.2, 0) is 9.53 Å². The fourth-order valence-electron chi connectivity index (χ4n) is 2.81. The summed E-state index contributed by atoms with van der Waals surface area (Å²) >= 11 is 1.64. The van der Waals surface area contributed by atoms with Gasteiger partial charge in [0.05, 0.1) is 39.5 Å². The Labute approximate surface area is 159 Å². The minimum Gasteiger partial charge on any atom is -0.467 e. The van der Waals surface area contributed by atoms with Crippen molar-refractivity contribution in [3.05, 3.63) is 42.1 Å². The zero-order valence-corrected chi connectivity index (χ0v) is 16.3. The number of thioether (sulfide) groups is 1. The molecule has 1 heterocycles. The van der Waals surface area contributed by atoms with Gasteiger partial charge in [-0.2, -0.15) is 11.8 Å². The van der Waals surface area contributed by atoms with Gasteiger partial charge in [0.15, 0.2) is 0 Å². The first-order valence-electron chi connectivity index (χ1n) is 8.84. The molecular formula is C19H28N3O3S+. The summed E-state index contributed by atoms with van der Waals surface area (Å²) in [6.45, 7) is 3.03. The van der Waals surface area contributed by atoms with Gasteiger partial charge in [-0.3, -0.25) is 0 Å². The Bertz CT molecular complexity index is 601. The van der Waals surface area contributed by atoms with Gasteiger partial charge in [-0.15, -0.1) is 0 Å². The number of piperazine rings is 1. The molecule has 142 valence electrons. The highest BCUT2D eigenvalue weighted by atomic mass is 32.2. The average molecular weight is 379 g/mol. The maximum atomic E-state index is 12.5. The van der Waals surface area contributed by atoms with E-state index in [1.807, 2.05) is 24.5 Å². The third kappa shape index (κ3) is 6.38. The number of amides is 2. The molecule has 0 unspecified atom stereocenters. The summed E-state index contributed by atoms with van der Waals surface area (Å²) in [6, 6.07) is 9.42. The van der Waals surface area contributed by atoms with Crippen LogP contribution in [0, 0.1) is 0 Å². The lowest BCUT2D eigenvalue weighted by Crippen LogP contribution is -3.10. The lowest BCUT2D eigenvalue weighted by molar-refractivity contribution is -0.850. The molecule has 1 aliphatic rings. The van der Waals surface area contributed by atoms with E-state index in [0.717, 1.165) is 18.8 Å². The van der Waals surface area contributed by atoms with Gasteiger partial charge in [0.1, 0.15) is 6.04 Å². The molecule has 7 heteroatoms. The van der Waals surface area contributed by atoms with Gasteiger partial charge in [0, 0.05) is 0 Å².